The highest BCUT2D eigenvalue weighted by Gasteiger charge is 2.51. The molecular weight excluding hydrogens is 973 g/mol. The molecule has 0 spiro atoms. The first-order valence-electron chi connectivity index (χ1n) is 24.8. The van der Waals surface area contributed by atoms with Crippen molar-refractivity contribution in [3.63, 3.8) is 0 Å². The molecule has 0 bridgehead atoms. The first-order chi connectivity index (χ1) is 34.1. The predicted octanol–water partition coefficient (Wildman–Crippen LogP) is 6.59. The lowest BCUT2D eigenvalue weighted by Crippen LogP contribution is -2.55. The summed E-state index contributed by atoms with van der Waals surface area (Å²) in [4.78, 5) is 114. The molecule has 1 aliphatic carbocycles. The van der Waals surface area contributed by atoms with Crippen LogP contribution in [0.25, 0.3) is 22.3 Å². The minimum atomic E-state index is -1.89. The Morgan fingerprint density at radius 3 is 2.34 bits per heavy atom. The van der Waals surface area contributed by atoms with Crippen molar-refractivity contribution in [1.29, 1.82) is 0 Å². The monoisotopic (exact) mass is 1030 g/mol. The van der Waals surface area contributed by atoms with Crippen molar-refractivity contribution < 1.29 is 43.0 Å². The number of ether oxygens (including phenoxy) is 2. The third-order valence-electron chi connectivity index (χ3n) is 14.3. The first-order valence-corrected chi connectivity index (χ1v) is 25.6. The molecule has 3 N–H and O–H groups in total. The Labute approximate surface area is 420 Å². The molecule has 17 heteroatoms. The molecule has 0 saturated heterocycles. The molecule has 3 unspecified atom stereocenters. The van der Waals surface area contributed by atoms with Gasteiger partial charge in [-0.15, -0.1) is 0 Å². The Hall–Kier alpha value is -6.49. The molecule has 2 aromatic heterocycles. The number of hydrogen-bond acceptors (Lipinski definition) is 11. The molecule has 71 heavy (non-hydrogen) atoms. The molecule has 3 atom stereocenters. The molecule has 8 rings (SSSR count). The molecule has 16 nitrogen and oxygen atoms in total. The van der Waals surface area contributed by atoms with E-state index in [1.165, 1.54) is 12.2 Å². The molecule has 4 aromatic rings. The average Bonchev–Trinajstić information content (AvgIpc) is 3.88. The van der Waals surface area contributed by atoms with Gasteiger partial charge in [-0.1, -0.05) is 98.8 Å². The number of unbranched alkanes of at least 4 members (excludes halogenated alkanes) is 2. The summed E-state index contributed by atoms with van der Waals surface area (Å²) in [6.45, 7) is 5.98. The van der Waals surface area contributed by atoms with Gasteiger partial charge in [0.1, 0.15) is 18.7 Å². The fourth-order valence-corrected chi connectivity index (χ4v) is 10.9. The summed E-state index contributed by atoms with van der Waals surface area (Å²) >= 11 is 3.61. The van der Waals surface area contributed by atoms with Gasteiger partial charge >= 0.3 is 11.9 Å². The number of carbonyl (C=O) groups is 7. The fourth-order valence-electron chi connectivity index (χ4n) is 10.5. The van der Waals surface area contributed by atoms with Crippen LogP contribution in [0, 0.1) is 11.3 Å². The van der Waals surface area contributed by atoms with Crippen LogP contribution in [0.3, 0.4) is 0 Å². The molecule has 5 heterocycles. The van der Waals surface area contributed by atoms with Gasteiger partial charge in [0.25, 0.3) is 17.4 Å². The van der Waals surface area contributed by atoms with E-state index >= 15 is 0 Å². The van der Waals surface area contributed by atoms with E-state index in [1.54, 1.807) is 17.6 Å². The van der Waals surface area contributed by atoms with E-state index in [0.29, 0.717) is 49.9 Å². The lowest BCUT2D eigenvalue weighted by atomic mass is 9.71. The minimum absolute atomic E-state index is 0.00262. The molecule has 1 saturated carbocycles. The molecule has 4 aliphatic rings. The van der Waals surface area contributed by atoms with Gasteiger partial charge in [0, 0.05) is 59.1 Å². The molecule has 1 fully saturated rings. The molecule has 5 amide bonds. The van der Waals surface area contributed by atoms with Gasteiger partial charge in [-0.3, -0.25) is 38.5 Å². The minimum Gasteiger partial charge on any atom is -0.457 e. The zero-order valence-electron chi connectivity index (χ0n) is 40.5. The second-order valence-electron chi connectivity index (χ2n) is 19.8. The summed E-state index contributed by atoms with van der Waals surface area (Å²) < 4.78 is 14.4. The second kappa shape index (κ2) is 21.9. The topological polar surface area (TPSA) is 212 Å². The number of fused-ring (bicyclic) bond motifs is 5. The number of cyclic esters (lactones) is 1. The van der Waals surface area contributed by atoms with Crippen LogP contribution in [0.4, 0.5) is 0 Å². The molecular formula is C54H61BrN6O10. The summed E-state index contributed by atoms with van der Waals surface area (Å²) in [6.07, 6.45) is 8.31. The van der Waals surface area contributed by atoms with E-state index in [0.717, 1.165) is 50.7 Å². The number of carbonyl (C=O) groups excluding carboxylic acids is 7. The number of hydrogen-bond donors (Lipinski definition) is 3. The summed E-state index contributed by atoms with van der Waals surface area (Å²) in [5.74, 6) is -3.42. The van der Waals surface area contributed by atoms with Crippen LogP contribution in [0.15, 0.2) is 82.1 Å². The lowest BCUT2D eigenvalue weighted by Gasteiger charge is -2.39. The summed E-state index contributed by atoms with van der Waals surface area (Å²) in [5, 5.41) is 9.79. The molecule has 3 aliphatic heterocycles. The third-order valence-corrected chi connectivity index (χ3v) is 15.0. The van der Waals surface area contributed by atoms with Crippen LogP contribution >= 0.6 is 15.9 Å². The number of benzene rings is 2. The number of amides is 5. The zero-order valence-corrected chi connectivity index (χ0v) is 42.1. The number of halogens is 1. The van der Waals surface area contributed by atoms with Crippen molar-refractivity contribution in [3.8, 4) is 11.4 Å². The Morgan fingerprint density at radius 1 is 0.873 bits per heavy atom. The van der Waals surface area contributed by atoms with Crippen molar-refractivity contribution in [2.24, 2.45) is 11.3 Å². The standard InChI is InChI=1S/C54H61BrN6O10/c1-4-54(38-28-43-48-35(27-36-39(55)17-14-18-40(36)58-48)30-61(43)51(68)37(38)31-70-52(54)69)71-47(65)29-53(22-11-7-12-23-53)32-56-49(66)41(25-33(2)3)59-50(67)42(26-34-15-8-5-9-16-34)57-44(62)19-10-6-13-24-60-45(63)20-21-46(60)64/h5,8-9,14-18,20-21,27-28,33,41-42H,4,6-7,10-13,19,22-26,29-32H2,1-3H3,(H,56,66)(H,57,62)(H,59,67). The van der Waals surface area contributed by atoms with Gasteiger partial charge in [0.15, 0.2) is 0 Å². The van der Waals surface area contributed by atoms with E-state index in [1.807, 2.05) is 68.4 Å². The second-order valence-corrected chi connectivity index (χ2v) is 20.6. The summed E-state index contributed by atoms with van der Waals surface area (Å²) in [6, 6.07) is 16.8. The van der Waals surface area contributed by atoms with Crippen molar-refractivity contribution in [1.82, 2.24) is 30.4 Å². The quantitative estimate of drug-likeness (QED) is 0.0430. The fraction of sp³-hybridized carbons (Fsp3) is 0.463. The summed E-state index contributed by atoms with van der Waals surface area (Å²) in [7, 11) is 0. The smallest absolute Gasteiger partial charge is 0.355 e. The van der Waals surface area contributed by atoms with Gasteiger partial charge in [0.05, 0.1) is 35.4 Å². The van der Waals surface area contributed by atoms with Crippen LogP contribution in [0.5, 0.6) is 0 Å². The highest BCUT2D eigenvalue weighted by molar-refractivity contribution is 9.10. The highest BCUT2D eigenvalue weighted by atomic mass is 79.9. The van der Waals surface area contributed by atoms with Gasteiger partial charge < -0.3 is 30.0 Å². The molecule has 2 aromatic carbocycles. The molecule has 374 valence electrons. The SMILES string of the molecule is CCC1(OC(=O)CC2(CNC(=O)C(CC(C)C)NC(=O)C(Cc3ccccc3)NC(=O)CCCCCN3C(=O)C=CC3=O)CCCCC2)C(=O)OCc2c1cc1n(c2=O)Cc2cc3c(Br)cccc3nc2-1. The number of aromatic nitrogens is 2. The summed E-state index contributed by atoms with van der Waals surface area (Å²) in [5.41, 5.74) is 1.08. The zero-order chi connectivity index (χ0) is 50.5. The Kier molecular flexibility index (Phi) is 15.7. The van der Waals surface area contributed by atoms with E-state index in [-0.39, 0.29) is 92.3 Å². The largest absolute Gasteiger partial charge is 0.457 e. The lowest BCUT2D eigenvalue weighted by molar-refractivity contribution is -0.191. The van der Waals surface area contributed by atoms with Crippen LogP contribution in [0.2, 0.25) is 0 Å². The van der Waals surface area contributed by atoms with E-state index in [2.05, 4.69) is 31.9 Å². The predicted molar refractivity (Wildman–Crippen MR) is 267 cm³/mol. The van der Waals surface area contributed by atoms with Crippen LogP contribution in [0.1, 0.15) is 120 Å². The highest BCUT2D eigenvalue weighted by Crippen LogP contribution is 2.44. The van der Waals surface area contributed by atoms with Crippen LogP contribution in [-0.4, -0.2) is 81.1 Å². The Morgan fingerprint density at radius 2 is 1.62 bits per heavy atom. The maximum atomic E-state index is 14.4. The van der Waals surface area contributed by atoms with Crippen molar-refractivity contribution in [3.05, 3.63) is 110 Å². The first kappa shape index (κ1) is 50.9. The third kappa shape index (κ3) is 11.2. The van der Waals surface area contributed by atoms with Gasteiger partial charge in [-0.25, -0.2) is 9.78 Å². The van der Waals surface area contributed by atoms with Gasteiger partial charge in [0.2, 0.25) is 23.3 Å². The van der Waals surface area contributed by atoms with E-state index in [4.69, 9.17) is 14.5 Å². The number of pyridine rings is 2. The maximum Gasteiger partial charge on any atom is 0.355 e. The number of imide groups is 1. The Balaban J connectivity index is 0.948. The normalized spacial score (nSPS) is 18.6. The van der Waals surface area contributed by atoms with Crippen LogP contribution < -0.4 is 21.5 Å². The number of rotatable bonds is 20. The average molecular weight is 1030 g/mol. The number of nitrogens with one attached hydrogen (secondary N) is 3. The van der Waals surface area contributed by atoms with Gasteiger partial charge in [-0.2, -0.15) is 0 Å². The number of esters is 2. The van der Waals surface area contributed by atoms with Crippen molar-refractivity contribution >= 4 is 68.3 Å². The van der Waals surface area contributed by atoms with E-state index in [9.17, 15) is 38.4 Å². The van der Waals surface area contributed by atoms with E-state index < -0.39 is 46.9 Å². The van der Waals surface area contributed by atoms with Gasteiger partial charge in [-0.05, 0) is 79.7 Å². The maximum absolute atomic E-state index is 14.4. The van der Waals surface area contributed by atoms with Crippen molar-refractivity contribution in [2.75, 3.05) is 13.1 Å². The molecule has 0 radical (unpaired) electrons. The Bertz CT molecular complexity index is 2820. The van der Waals surface area contributed by atoms with Crippen LogP contribution in [-0.2, 0) is 68.2 Å². The van der Waals surface area contributed by atoms with Crippen molar-refractivity contribution in [2.45, 2.75) is 135 Å². The number of nitrogens with zero attached hydrogens (tertiary/aromatic N) is 3.